The van der Waals surface area contributed by atoms with Crippen LogP contribution in [0.25, 0.3) is 0 Å². The number of tetrazole rings is 1. The van der Waals surface area contributed by atoms with Crippen LogP contribution < -0.4 is 5.32 Å². The van der Waals surface area contributed by atoms with E-state index in [2.05, 4.69) is 25.9 Å². The Kier molecular flexibility index (Phi) is 3.37. The zero-order valence-corrected chi connectivity index (χ0v) is 9.28. The second-order valence-corrected chi connectivity index (χ2v) is 3.88. The number of aliphatic hydroxyl groups excluding tert-OH is 1. The molecule has 2 heterocycles. The number of aliphatic carboxylic acids is 1. The predicted molar refractivity (Wildman–Crippen MR) is 55.2 cm³/mol. The highest BCUT2D eigenvalue weighted by Gasteiger charge is 2.38. The number of amides is 2. The van der Waals surface area contributed by atoms with Crippen LogP contribution in [0.2, 0.25) is 0 Å². The molecule has 0 radical (unpaired) electrons. The zero-order valence-electron chi connectivity index (χ0n) is 9.28. The van der Waals surface area contributed by atoms with Crippen molar-refractivity contribution in [2.45, 2.75) is 25.1 Å². The second kappa shape index (κ2) is 4.96. The van der Waals surface area contributed by atoms with Crippen LogP contribution >= 0.6 is 0 Å². The number of aromatic nitrogens is 4. The molecule has 18 heavy (non-hydrogen) atoms. The third-order valence-corrected chi connectivity index (χ3v) is 2.61. The fourth-order valence-electron chi connectivity index (χ4n) is 1.79. The van der Waals surface area contributed by atoms with E-state index in [1.54, 1.807) is 0 Å². The Labute approximate surface area is 101 Å². The molecule has 0 saturated carbocycles. The van der Waals surface area contributed by atoms with Crippen molar-refractivity contribution in [3.05, 3.63) is 5.82 Å². The number of urea groups is 1. The Balaban J connectivity index is 1.93. The molecule has 0 aromatic carbocycles. The summed E-state index contributed by atoms with van der Waals surface area (Å²) in [7, 11) is 0. The van der Waals surface area contributed by atoms with E-state index in [9.17, 15) is 14.7 Å². The van der Waals surface area contributed by atoms with Crippen LogP contribution in [0.15, 0.2) is 0 Å². The minimum Gasteiger partial charge on any atom is -0.480 e. The summed E-state index contributed by atoms with van der Waals surface area (Å²) >= 11 is 0. The van der Waals surface area contributed by atoms with E-state index in [0.717, 1.165) is 4.90 Å². The summed E-state index contributed by atoms with van der Waals surface area (Å²) in [5.74, 6) is -0.851. The van der Waals surface area contributed by atoms with E-state index < -0.39 is 24.1 Å². The zero-order chi connectivity index (χ0) is 13.1. The van der Waals surface area contributed by atoms with Crippen LogP contribution in [0.3, 0.4) is 0 Å². The Hall–Kier alpha value is -2.23. The first-order chi connectivity index (χ1) is 8.58. The van der Waals surface area contributed by atoms with Crippen molar-refractivity contribution in [2.75, 3.05) is 6.54 Å². The second-order valence-electron chi connectivity index (χ2n) is 3.88. The lowest BCUT2D eigenvalue weighted by Crippen LogP contribution is -2.46. The van der Waals surface area contributed by atoms with Crippen LogP contribution in [-0.4, -0.2) is 66.4 Å². The normalized spacial score (nSPS) is 23.1. The van der Waals surface area contributed by atoms with Crippen LogP contribution in [0, 0.1) is 0 Å². The topological polar surface area (TPSA) is 144 Å². The lowest BCUT2D eigenvalue weighted by atomic mass is 10.2. The quantitative estimate of drug-likeness (QED) is 0.486. The third-order valence-electron chi connectivity index (χ3n) is 2.61. The molecule has 0 unspecified atom stereocenters. The highest BCUT2D eigenvalue weighted by molar-refractivity contribution is 5.83. The van der Waals surface area contributed by atoms with E-state index in [-0.39, 0.29) is 25.3 Å². The fourth-order valence-corrected chi connectivity index (χ4v) is 1.79. The van der Waals surface area contributed by atoms with Gasteiger partial charge in [-0.3, -0.25) is 0 Å². The molecule has 10 heteroatoms. The molecule has 1 aromatic rings. The van der Waals surface area contributed by atoms with Gasteiger partial charge in [0.05, 0.1) is 12.6 Å². The van der Waals surface area contributed by atoms with Gasteiger partial charge in [-0.05, 0) is 0 Å². The summed E-state index contributed by atoms with van der Waals surface area (Å²) in [6.07, 6.45) is -0.785. The van der Waals surface area contributed by atoms with Gasteiger partial charge < -0.3 is 20.4 Å². The standard InChI is InChI=1S/C8H12N6O4/c15-4-1-5(7(16)17)14(3-4)8(18)9-2-6-10-12-13-11-6/h4-5,15H,1-3H2,(H,9,18)(H,16,17)(H,10,11,12,13)/t4-,5+/m1/s1. The number of carbonyl (C=O) groups is 2. The molecule has 0 bridgehead atoms. The van der Waals surface area contributed by atoms with Crippen molar-refractivity contribution in [3.63, 3.8) is 0 Å². The van der Waals surface area contributed by atoms with Gasteiger partial charge >= 0.3 is 12.0 Å². The maximum Gasteiger partial charge on any atom is 0.326 e. The van der Waals surface area contributed by atoms with E-state index in [0.29, 0.717) is 0 Å². The Morgan fingerprint density at radius 2 is 2.33 bits per heavy atom. The molecule has 2 rings (SSSR count). The average Bonchev–Trinajstić information content (AvgIpc) is 2.94. The average molecular weight is 256 g/mol. The summed E-state index contributed by atoms with van der Waals surface area (Å²) in [6.45, 7) is 0.0311. The first kappa shape index (κ1) is 12.2. The summed E-state index contributed by atoms with van der Waals surface area (Å²) in [6, 6.07) is -1.59. The molecule has 4 N–H and O–H groups in total. The number of carbonyl (C=O) groups excluding carboxylic acids is 1. The fraction of sp³-hybridized carbons (Fsp3) is 0.625. The number of aromatic amines is 1. The Bertz CT molecular complexity index is 435. The highest BCUT2D eigenvalue weighted by Crippen LogP contribution is 2.18. The summed E-state index contributed by atoms with van der Waals surface area (Å²) in [4.78, 5) is 23.8. The first-order valence-corrected chi connectivity index (χ1v) is 5.25. The van der Waals surface area contributed by atoms with Gasteiger partial charge in [-0.15, -0.1) is 10.2 Å². The monoisotopic (exact) mass is 256 g/mol. The van der Waals surface area contributed by atoms with E-state index in [1.165, 1.54) is 0 Å². The van der Waals surface area contributed by atoms with Crippen molar-refractivity contribution < 1.29 is 19.8 Å². The van der Waals surface area contributed by atoms with Crippen molar-refractivity contribution in [1.82, 2.24) is 30.8 Å². The van der Waals surface area contributed by atoms with Gasteiger partial charge in [0.1, 0.15) is 6.04 Å². The minimum absolute atomic E-state index is 0.00492. The van der Waals surface area contributed by atoms with Crippen molar-refractivity contribution in [3.8, 4) is 0 Å². The SMILES string of the molecule is O=C(O)[C@@H]1C[C@@H](O)CN1C(=O)NCc1nn[nH]n1. The van der Waals surface area contributed by atoms with Gasteiger partial charge in [0, 0.05) is 13.0 Å². The number of hydrogen-bond acceptors (Lipinski definition) is 6. The number of aliphatic hydroxyl groups is 1. The van der Waals surface area contributed by atoms with Crippen LogP contribution in [0.1, 0.15) is 12.2 Å². The molecule has 2 amide bonds. The number of H-pyrrole nitrogens is 1. The Morgan fingerprint density at radius 3 is 2.94 bits per heavy atom. The molecule has 1 aromatic heterocycles. The van der Waals surface area contributed by atoms with E-state index in [4.69, 9.17) is 5.11 Å². The third kappa shape index (κ3) is 2.53. The lowest BCUT2D eigenvalue weighted by Gasteiger charge is -2.20. The number of carboxylic acids is 1. The molecule has 98 valence electrons. The van der Waals surface area contributed by atoms with Gasteiger partial charge in [0.25, 0.3) is 0 Å². The molecule has 1 fully saturated rings. The molecule has 0 aliphatic carbocycles. The number of carboxylic acid groups (broad SMARTS) is 1. The smallest absolute Gasteiger partial charge is 0.326 e. The predicted octanol–water partition coefficient (Wildman–Crippen LogP) is -2.07. The molecule has 1 saturated heterocycles. The van der Waals surface area contributed by atoms with Crippen molar-refractivity contribution in [2.24, 2.45) is 0 Å². The minimum atomic E-state index is -1.14. The molecule has 2 atom stereocenters. The summed E-state index contributed by atoms with van der Waals surface area (Å²) in [5, 5.41) is 33.6. The first-order valence-electron chi connectivity index (χ1n) is 5.25. The van der Waals surface area contributed by atoms with Gasteiger partial charge in [-0.2, -0.15) is 5.21 Å². The molecule has 10 nitrogen and oxygen atoms in total. The van der Waals surface area contributed by atoms with Crippen molar-refractivity contribution in [1.29, 1.82) is 0 Å². The molecule has 1 aliphatic heterocycles. The number of hydrogen-bond donors (Lipinski definition) is 4. The van der Waals surface area contributed by atoms with Crippen LogP contribution in [0.4, 0.5) is 4.79 Å². The van der Waals surface area contributed by atoms with E-state index in [1.807, 2.05) is 0 Å². The maximum atomic E-state index is 11.8. The molecular weight excluding hydrogens is 244 g/mol. The van der Waals surface area contributed by atoms with Gasteiger partial charge in [0.15, 0.2) is 5.82 Å². The number of rotatable bonds is 3. The molecule has 1 aliphatic rings. The number of nitrogens with one attached hydrogen (secondary N) is 2. The van der Waals surface area contributed by atoms with Gasteiger partial charge in [0.2, 0.25) is 0 Å². The maximum absolute atomic E-state index is 11.8. The van der Waals surface area contributed by atoms with Gasteiger partial charge in [-0.1, -0.05) is 5.21 Å². The highest BCUT2D eigenvalue weighted by atomic mass is 16.4. The Morgan fingerprint density at radius 1 is 1.56 bits per heavy atom. The summed E-state index contributed by atoms with van der Waals surface area (Å²) < 4.78 is 0. The molecule has 0 spiro atoms. The van der Waals surface area contributed by atoms with Gasteiger partial charge in [-0.25, -0.2) is 9.59 Å². The van der Waals surface area contributed by atoms with Crippen molar-refractivity contribution >= 4 is 12.0 Å². The van der Waals surface area contributed by atoms with Crippen LogP contribution in [0.5, 0.6) is 0 Å². The number of likely N-dealkylation sites (tertiary alicyclic amines) is 1. The van der Waals surface area contributed by atoms with Crippen LogP contribution in [-0.2, 0) is 11.3 Å². The largest absolute Gasteiger partial charge is 0.480 e. The molecular formula is C8H12N6O4. The van der Waals surface area contributed by atoms with E-state index >= 15 is 0 Å². The summed E-state index contributed by atoms with van der Waals surface area (Å²) in [5.41, 5.74) is 0. The lowest BCUT2D eigenvalue weighted by molar-refractivity contribution is -0.141. The number of β-amino-alcohol motifs (C(OH)–C–C–N with tert-alkyl or cyclic N) is 1. The number of nitrogens with zero attached hydrogens (tertiary/aromatic N) is 4.